The number of piperazine rings is 1. The zero-order valence-electron chi connectivity index (χ0n) is 9.43. The van der Waals surface area contributed by atoms with Gasteiger partial charge in [0, 0.05) is 25.2 Å². The van der Waals surface area contributed by atoms with E-state index in [0.717, 1.165) is 0 Å². The average molecular weight is 214 g/mol. The highest BCUT2D eigenvalue weighted by atomic mass is 16.4. The predicted octanol–water partition coefficient (Wildman–Crippen LogP) is 0.0121. The summed E-state index contributed by atoms with van der Waals surface area (Å²) in [6.45, 7) is 5.31. The highest BCUT2D eigenvalue weighted by molar-refractivity contribution is 5.93. The second-order valence-corrected chi connectivity index (χ2v) is 4.23. The summed E-state index contributed by atoms with van der Waals surface area (Å²) < 4.78 is 0. The third-order valence-electron chi connectivity index (χ3n) is 3.01. The van der Waals surface area contributed by atoms with Gasteiger partial charge in [-0.15, -0.1) is 0 Å². The third kappa shape index (κ3) is 2.92. The minimum Gasteiger partial charge on any atom is -0.481 e. The first-order valence-electron chi connectivity index (χ1n) is 5.13. The first kappa shape index (κ1) is 12.0. The lowest BCUT2D eigenvalue weighted by Crippen LogP contribution is -2.56. The summed E-state index contributed by atoms with van der Waals surface area (Å²) in [5, 5.41) is 8.54. The summed E-state index contributed by atoms with van der Waals surface area (Å²) in [4.78, 5) is 25.8. The van der Waals surface area contributed by atoms with Gasteiger partial charge in [0.15, 0.2) is 0 Å². The Kier molecular flexibility index (Phi) is 3.68. The summed E-state index contributed by atoms with van der Waals surface area (Å²) in [6, 6.07) is 0.568. The molecule has 1 rings (SSSR count). The van der Waals surface area contributed by atoms with Crippen molar-refractivity contribution in [2.45, 2.75) is 32.4 Å². The normalized spacial score (nSPS) is 27.8. The van der Waals surface area contributed by atoms with Gasteiger partial charge in [-0.2, -0.15) is 0 Å². The SMILES string of the molecule is CC1CN(C(=O)CC(=O)O)CC(C)N1C. The van der Waals surface area contributed by atoms with Gasteiger partial charge < -0.3 is 10.0 Å². The summed E-state index contributed by atoms with van der Waals surface area (Å²) in [5.74, 6) is -1.34. The Morgan fingerprint density at radius 2 is 1.73 bits per heavy atom. The highest BCUT2D eigenvalue weighted by Gasteiger charge is 2.29. The summed E-state index contributed by atoms with van der Waals surface area (Å²) in [7, 11) is 2.02. The first-order chi connectivity index (χ1) is 6.91. The maximum atomic E-state index is 11.5. The van der Waals surface area contributed by atoms with Crippen molar-refractivity contribution in [3.05, 3.63) is 0 Å². The fourth-order valence-corrected chi connectivity index (χ4v) is 1.85. The Labute approximate surface area is 89.7 Å². The number of amides is 1. The molecule has 0 aromatic heterocycles. The van der Waals surface area contributed by atoms with Crippen LogP contribution in [0.25, 0.3) is 0 Å². The lowest BCUT2D eigenvalue weighted by molar-refractivity contribution is -0.146. The Bertz CT molecular complexity index is 255. The fraction of sp³-hybridized carbons (Fsp3) is 0.800. The van der Waals surface area contributed by atoms with Crippen LogP contribution in [-0.2, 0) is 9.59 Å². The fourth-order valence-electron chi connectivity index (χ4n) is 1.85. The second kappa shape index (κ2) is 4.61. The quantitative estimate of drug-likeness (QED) is 0.658. The number of aliphatic carboxylic acids is 1. The van der Waals surface area contributed by atoms with Crippen molar-refractivity contribution in [1.82, 2.24) is 9.80 Å². The number of carbonyl (C=O) groups excluding carboxylic acids is 1. The molecule has 5 nitrogen and oxygen atoms in total. The van der Waals surface area contributed by atoms with Crippen molar-refractivity contribution in [2.24, 2.45) is 0 Å². The van der Waals surface area contributed by atoms with Gasteiger partial charge in [-0.3, -0.25) is 14.5 Å². The predicted molar refractivity (Wildman–Crippen MR) is 55.5 cm³/mol. The molecule has 1 aliphatic heterocycles. The van der Waals surface area contributed by atoms with Crippen molar-refractivity contribution in [3.63, 3.8) is 0 Å². The van der Waals surface area contributed by atoms with Crippen LogP contribution in [0.3, 0.4) is 0 Å². The van der Waals surface area contributed by atoms with E-state index < -0.39 is 12.4 Å². The van der Waals surface area contributed by atoms with E-state index in [1.807, 2.05) is 20.9 Å². The lowest BCUT2D eigenvalue weighted by Gasteiger charge is -2.42. The van der Waals surface area contributed by atoms with Gasteiger partial charge in [0.05, 0.1) is 0 Å². The second-order valence-electron chi connectivity index (χ2n) is 4.23. The van der Waals surface area contributed by atoms with E-state index in [1.54, 1.807) is 4.90 Å². The first-order valence-corrected chi connectivity index (χ1v) is 5.13. The number of hydrogen-bond acceptors (Lipinski definition) is 3. The molecule has 2 unspecified atom stereocenters. The maximum Gasteiger partial charge on any atom is 0.312 e. The van der Waals surface area contributed by atoms with Crippen LogP contribution in [0.2, 0.25) is 0 Å². The third-order valence-corrected chi connectivity index (χ3v) is 3.01. The van der Waals surface area contributed by atoms with E-state index in [-0.39, 0.29) is 18.0 Å². The zero-order chi connectivity index (χ0) is 11.6. The molecule has 2 atom stereocenters. The molecular weight excluding hydrogens is 196 g/mol. The number of nitrogens with zero attached hydrogens (tertiary/aromatic N) is 2. The molecule has 86 valence electrons. The molecule has 0 aliphatic carbocycles. The monoisotopic (exact) mass is 214 g/mol. The van der Waals surface area contributed by atoms with Gasteiger partial charge in [-0.25, -0.2) is 0 Å². The van der Waals surface area contributed by atoms with E-state index in [1.165, 1.54) is 0 Å². The summed E-state index contributed by atoms with van der Waals surface area (Å²) in [6.07, 6.45) is -0.400. The van der Waals surface area contributed by atoms with E-state index in [4.69, 9.17) is 5.11 Å². The van der Waals surface area contributed by atoms with Crippen LogP contribution in [0, 0.1) is 0 Å². The van der Waals surface area contributed by atoms with E-state index in [2.05, 4.69) is 4.90 Å². The van der Waals surface area contributed by atoms with Crippen LogP contribution in [0.4, 0.5) is 0 Å². The largest absolute Gasteiger partial charge is 0.481 e. The van der Waals surface area contributed by atoms with Crippen molar-refractivity contribution < 1.29 is 14.7 Å². The van der Waals surface area contributed by atoms with Crippen molar-refractivity contribution >= 4 is 11.9 Å². The number of carboxylic acids is 1. The maximum absolute atomic E-state index is 11.5. The van der Waals surface area contributed by atoms with Crippen molar-refractivity contribution in [2.75, 3.05) is 20.1 Å². The lowest BCUT2D eigenvalue weighted by atomic mass is 10.1. The van der Waals surface area contributed by atoms with Crippen LogP contribution >= 0.6 is 0 Å². The van der Waals surface area contributed by atoms with Crippen LogP contribution in [0.15, 0.2) is 0 Å². The van der Waals surface area contributed by atoms with Gasteiger partial charge in [0.25, 0.3) is 0 Å². The zero-order valence-corrected chi connectivity index (χ0v) is 9.43. The van der Waals surface area contributed by atoms with Gasteiger partial charge in [0.2, 0.25) is 5.91 Å². The van der Waals surface area contributed by atoms with Gasteiger partial charge >= 0.3 is 5.97 Å². The Morgan fingerprint density at radius 3 is 2.13 bits per heavy atom. The summed E-state index contributed by atoms with van der Waals surface area (Å²) >= 11 is 0. The topological polar surface area (TPSA) is 60.9 Å². The Morgan fingerprint density at radius 1 is 1.27 bits per heavy atom. The van der Waals surface area contributed by atoms with Gasteiger partial charge in [-0.05, 0) is 20.9 Å². The van der Waals surface area contributed by atoms with E-state index in [9.17, 15) is 9.59 Å². The molecule has 1 amide bonds. The van der Waals surface area contributed by atoms with E-state index >= 15 is 0 Å². The Balaban J connectivity index is 2.57. The number of carboxylic acid groups (broad SMARTS) is 1. The smallest absolute Gasteiger partial charge is 0.312 e. The van der Waals surface area contributed by atoms with Gasteiger partial charge in [0.1, 0.15) is 6.42 Å². The number of carbonyl (C=O) groups is 2. The van der Waals surface area contributed by atoms with Crippen LogP contribution in [0.5, 0.6) is 0 Å². The number of rotatable bonds is 2. The molecule has 15 heavy (non-hydrogen) atoms. The minimum absolute atomic E-state index is 0.283. The number of hydrogen-bond donors (Lipinski definition) is 1. The standard InChI is InChI=1S/C10H18N2O3/c1-7-5-12(6-8(2)11(7)3)9(13)4-10(14)15/h7-8H,4-6H2,1-3H3,(H,14,15). The molecule has 0 spiro atoms. The van der Waals surface area contributed by atoms with Crippen molar-refractivity contribution in [1.29, 1.82) is 0 Å². The molecular formula is C10H18N2O3. The molecule has 0 aromatic carbocycles. The van der Waals surface area contributed by atoms with Gasteiger partial charge in [-0.1, -0.05) is 0 Å². The molecule has 1 heterocycles. The minimum atomic E-state index is -1.06. The van der Waals surface area contributed by atoms with Crippen molar-refractivity contribution in [3.8, 4) is 0 Å². The molecule has 1 N–H and O–H groups in total. The highest BCUT2D eigenvalue weighted by Crippen LogP contribution is 2.13. The molecule has 0 saturated carbocycles. The average Bonchev–Trinajstić information content (AvgIpc) is 2.12. The van der Waals surface area contributed by atoms with E-state index in [0.29, 0.717) is 13.1 Å². The molecule has 0 bridgehead atoms. The Hall–Kier alpha value is -1.10. The van der Waals surface area contributed by atoms with Crippen LogP contribution in [-0.4, -0.2) is 59.0 Å². The van der Waals surface area contributed by atoms with Crippen LogP contribution in [0.1, 0.15) is 20.3 Å². The molecule has 5 heteroatoms. The molecule has 0 aromatic rings. The molecule has 1 aliphatic rings. The van der Waals surface area contributed by atoms with Crippen LogP contribution < -0.4 is 0 Å². The molecule has 0 radical (unpaired) electrons. The molecule has 1 saturated heterocycles. The molecule has 1 fully saturated rings. The number of likely N-dealkylation sites (N-methyl/N-ethyl adjacent to an activating group) is 1. The summed E-state index contributed by atoms with van der Waals surface area (Å²) in [5.41, 5.74) is 0.